The zero-order chi connectivity index (χ0) is 23.3. The molecule has 4 aromatic rings. The average Bonchev–Trinajstić information content (AvgIpc) is 2.88. The number of anilines is 3. The van der Waals surface area contributed by atoms with E-state index in [1.807, 2.05) is 30.5 Å². The van der Waals surface area contributed by atoms with Crippen LogP contribution in [0.25, 0.3) is 11.3 Å². The van der Waals surface area contributed by atoms with Crippen LogP contribution >= 0.6 is 0 Å². The highest BCUT2D eigenvalue weighted by atomic mass is 15.3. The van der Waals surface area contributed by atoms with E-state index in [-0.39, 0.29) is 6.04 Å². The van der Waals surface area contributed by atoms with Gasteiger partial charge in [0, 0.05) is 30.9 Å². The smallest absolute Gasteiger partial charge is 0.224 e. The lowest BCUT2D eigenvalue weighted by Crippen LogP contribution is -2.27. The Kier molecular flexibility index (Phi) is 6.49. The molecule has 3 N–H and O–H groups in total. The van der Waals surface area contributed by atoms with Crippen molar-refractivity contribution in [1.29, 1.82) is 0 Å². The highest BCUT2D eigenvalue weighted by molar-refractivity contribution is 5.68. The summed E-state index contributed by atoms with van der Waals surface area (Å²) < 4.78 is 0. The van der Waals surface area contributed by atoms with Crippen LogP contribution in [0.4, 0.5) is 17.6 Å². The van der Waals surface area contributed by atoms with E-state index in [1.165, 1.54) is 11.1 Å². The number of pyridine rings is 1. The van der Waals surface area contributed by atoms with Gasteiger partial charge < -0.3 is 16.0 Å². The van der Waals surface area contributed by atoms with Gasteiger partial charge in [0.25, 0.3) is 0 Å². The van der Waals surface area contributed by atoms with Gasteiger partial charge in [-0.2, -0.15) is 4.98 Å². The highest BCUT2D eigenvalue weighted by Gasteiger charge is 2.22. The normalized spacial score (nSPS) is 13.9. The molecule has 0 radical (unpaired) electrons. The average molecular weight is 451 g/mol. The maximum Gasteiger partial charge on any atom is 0.224 e. The molecule has 6 nitrogen and oxygen atoms in total. The quantitative estimate of drug-likeness (QED) is 0.407. The minimum atomic E-state index is 0.180. The Balaban J connectivity index is 1.36. The summed E-state index contributed by atoms with van der Waals surface area (Å²) in [6.07, 6.45) is 4.79. The van der Waals surface area contributed by atoms with Crippen LogP contribution in [0.3, 0.4) is 0 Å². The Morgan fingerprint density at radius 1 is 0.971 bits per heavy atom. The van der Waals surface area contributed by atoms with E-state index in [0.29, 0.717) is 12.5 Å². The lowest BCUT2D eigenvalue weighted by molar-refractivity contribution is 0.741. The Hall–Kier alpha value is -3.77. The van der Waals surface area contributed by atoms with E-state index in [4.69, 9.17) is 15.7 Å². The van der Waals surface area contributed by atoms with Crippen molar-refractivity contribution in [3.05, 3.63) is 95.7 Å². The van der Waals surface area contributed by atoms with Crippen LogP contribution in [0.5, 0.6) is 0 Å². The standard InChI is InChI=1S/C28H30N6/c1-20(17-21-7-5-8-22(18-21)19-29)31-28-30-15-14-26(33-28)34-16-6-11-24-12-13-25(32-27(24)34)23-9-3-2-4-10-23/h2-5,7-10,12-15,18,20H,6,11,16-17,19,29H2,1H3,(H,30,31,33). The second kappa shape index (κ2) is 10.0. The number of nitrogens with zero attached hydrogens (tertiary/aromatic N) is 4. The van der Waals surface area contributed by atoms with Crippen molar-refractivity contribution >= 4 is 17.6 Å². The van der Waals surface area contributed by atoms with E-state index in [9.17, 15) is 0 Å². The Labute approximate surface area is 200 Å². The third kappa shape index (κ3) is 4.92. The van der Waals surface area contributed by atoms with Crippen molar-refractivity contribution in [1.82, 2.24) is 15.0 Å². The molecule has 0 aliphatic carbocycles. The first-order valence-corrected chi connectivity index (χ1v) is 11.9. The monoisotopic (exact) mass is 450 g/mol. The molecule has 0 saturated heterocycles. The molecule has 1 aliphatic rings. The molecular weight excluding hydrogens is 420 g/mol. The van der Waals surface area contributed by atoms with Crippen molar-refractivity contribution in [2.24, 2.45) is 5.73 Å². The number of nitrogens with one attached hydrogen (secondary N) is 1. The van der Waals surface area contributed by atoms with Crippen LogP contribution in [0.2, 0.25) is 0 Å². The molecule has 2 aromatic carbocycles. The van der Waals surface area contributed by atoms with Gasteiger partial charge in [0.15, 0.2) is 0 Å². The zero-order valence-electron chi connectivity index (χ0n) is 19.5. The molecule has 34 heavy (non-hydrogen) atoms. The summed E-state index contributed by atoms with van der Waals surface area (Å²) in [6.45, 7) is 3.59. The second-order valence-electron chi connectivity index (χ2n) is 8.81. The van der Waals surface area contributed by atoms with Gasteiger partial charge in [-0.15, -0.1) is 0 Å². The molecule has 1 atom stereocenters. The molecule has 0 amide bonds. The number of benzene rings is 2. The Morgan fingerprint density at radius 2 is 1.82 bits per heavy atom. The molecule has 6 heteroatoms. The first-order valence-electron chi connectivity index (χ1n) is 11.9. The molecule has 1 unspecified atom stereocenters. The summed E-state index contributed by atoms with van der Waals surface area (Å²) in [6, 6.07) is 25.2. The largest absolute Gasteiger partial charge is 0.351 e. The molecule has 0 spiro atoms. The van der Waals surface area contributed by atoms with E-state index < -0.39 is 0 Å². The van der Waals surface area contributed by atoms with E-state index in [2.05, 4.69) is 70.7 Å². The Bertz CT molecular complexity index is 1260. The number of hydrogen-bond donors (Lipinski definition) is 2. The summed E-state index contributed by atoms with van der Waals surface area (Å²) in [7, 11) is 0. The first-order chi connectivity index (χ1) is 16.7. The fourth-order valence-electron chi connectivity index (χ4n) is 4.51. The minimum absolute atomic E-state index is 0.180. The molecule has 0 fully saturated rings. The molecule has 0 bridgehead atoms. The molecule has 172 valence electrons. The Morgan fingerprint density at radius 3 is 2.68 bits per heavy atom. The number of rotatable bonds is 7. The van der Waals surface area contributed by atoms with Crippen molar-refractivity contribution in [3.8, 4) is 11.3 Å². The zero-order valence-corrected chi connectivity index (χ0v) is 19.5. The summed E-state index contributed by atoms with van der Waals surface area (Å²) >= 11 is 0. The van der Waals surface area contributed by atoms with Gasteiger partial charge in [-0.1, -0.05) is 60.7 Å². The topological polar surface area (TPSA) is 80.0 Å². The van der Waals surface area contributed by atoms with Crippen LogP contribution in [0, 0.1) is 0 Å². The number of nitrogens with two attached hydrogens (primary N) is 1. The highest BCUT2D eigenvalue weighted by Crippen LogP contribution is 2.33. The van der Waals surface area contributed by atoms with Gasteiger partial charge in [-0.25, -0.2) is 9.97 Å². The van der Waals surface area contributed by atoms with Crippen molar-refractivity contribution in [2.45, 2.75) is 38.8 Å². The van der Waals surface area contributed by atoms with E-state index in [0.717, 1.165) is 54.3 Å². The molecule has 2 aromatic heterocycles. The lowest BCUT2D eigenvalue weighted by Gasteiger charge is -2.30. The van der Waals surface area contributed by atoms with Gasteiger partial charge >= 0.3 is 0 Å². The number of aryl methyl sites for hydroxylation is 1. The van der Waals surface area contributed by atoms with Crippen LogP contribution in [0.1, 0.15) is 30.0 Å². The maximum atomic E-state index is 5.79. The fraction of sp³-hybridized carbons (Fsp3) is 0.250. The molecule has 0 saturated carbocycles. The van der Waals surface area contributed by atoms with Gasteiger partial charge in [0.2, 0.25) is 5.95 Å². The van der Waals surface area contributed by atoms with E-state index >= 15 is 0 Å². The fourth-order valence-corrected chi connectivity index (χ4v) is 4.51. The maximum absolute atomic E-state index is 5.79. The lowest BCUT2D eigenvalue weighted by atomic mass is 10.0. The summed E-state index contributed by atoms with van der Waals surface area (Å²) in [5.74, 6) is 2.49. The van der Waals surface area contributed by atoms with E-state index in [1.54, 1.807) is 0 Å². The molecule has 3 heterocycles. The number of fused-ring (bicyclic) bond motifs is 1. The van der Waals surface area contributed by atoms with Gasteiger partial charge in [0.05, 0.1) is 5.69 Å². The van der Waals surface area contributed by atoms with Crippen LogP contribution in [0.15, 0.2) is 79.0 Å². The molecule has 1 aliphatic heterocycles. The van der Waals surface area contributed by atoms with Gasteiger partial charge in [0.1, 0.15) is 11.6 Å². The first kappa shape index (κ1) is 22.0. The minimum Gasteiger partial charge on any atom is -0.351 e. The van der Waals surface area contributed by atoms with Gasteiger partial charge in [-0.05, 0) is 55.0 Å². The summed E-state index contributed by atoms with van der Waals surface area (Å²) in [4.78, 5) is 16.6. The second-order valence-corrected chi connectivity index (χ2v) is 8.81. The van der Waals surface area contributed by atoms with Crippen molar-refractivity contribution in [2.75, 3.05) is 16.8 Å². The molecule has 5 rings (SSSR count). The summed E-state index contributed by atoms with van der Waals surface area (Å²) in [5, 5.41) is 3.47. The van der Waals surface area contributed by atoms with Crippen LogP contribution in [-0.2, 0) is 19.4 Å². The molecular formula is C28H30N6. The van der Waals surface area contributed by atoms with Crippen molar-refractivity contribution in [3.63, 3.8) is 0 Å². The summed E-state index contributed by atoms with van der Waals surface area (Å²) in [5.41, 5.74) is 11.5. The van der Waals surface area contributed by atoms with Crippen LogP contribution < -0.4 is 16.0 Å². The number of aromatic nitrogens is 3. The van der Waals surface area contributed by atoms with Crippen LogP contribution in [-0.4, -0.2) is 27.5 Å². The number of hydrogen-bond acceptors (Lipinski definition) is 6. The third-order valence-corrected chi connectivity index (χ3v) is 6.17. The predicted molar refractivity (Wildman–Crippen MR) is 138 cm³/mol. The predicted octanol–water partition coefficient (Wildman–Crippen LogP) is 5.12. The SMILES string of the molecule is CC(Cc1cccc(CN)c1)Nc1nccc(N2CCCc3ccc(-c4ccccc4)nc32)n1. The van der Waals surface area contributed by atoms with Gasteiger partial charge in [-0.3, -0.25) is 0 Å². The third-order valence-electron chi connectivity index (χ3n) is 6.17. The van der Waals surface area contributed by atoms with Crippen molar-refractivity contribution < 1.29 is 0 Å².